The van der Waals surface area contributed by atoms with Crippen LogP contribution in [-0.2, 0) is 6.54 Å². The van der Waals surface area contributed by atoms with Crippen LogP contribution in [0.2, 0.25) is 0 Å². The van der Waals surface area contributed by atoms with E-state index in [9.17, 15) is 10.1 Å². The molecule has 5 nitrogen and oxygen atoms in total. The van der Waals surface area contributed by atoms with E-state index >= 15 is 0 Å². The number of hydrogen-bond acceptors (Lipinski definition) is 5. The van der Waals surface area contributed by atoms with E-state index in [1.54, 1.807) is 35.9 Å². The lowest BCUT2D eigenvalue weighted by Gasteiger charge is -2.09. The maximum Gasteiger partial charge on any atom is 0.274 e. The minimum absolute atomic E-state index is 0.117. The van der Waals surface area contributed by atoms with Gasteiger partial charge in [-0.05, 0) is 35.8 Å². The average Bonchev–Trinajstić information content (AvgIpc) is 2.73. The van der Waals surface area contributed by atoms with Gasteiger partial charge in [-0.25, -0.2) is 4.98 Å². The van der Waals surface area contributed by atoms with Gasteiger partial charge in [0.1, 0.15) is 0 Å². The molecule has 0 amide bonds. The predicted molar refractivity (Wildman–Crippen MR) is 79.7 cm³/mol. The summed E-state index contributed by atoms with van der Waals surface area (Å²) >= 11 is 4.98. The van der Waals surface area contributed by atoms with Gasteiger partial charge in [-0.1, -0.05) is 0 Å². The third-order valence-corrected chi connectivity index (χ3v) is 4.36. The molecule has 0 aliphatic heterocycles. The Bertz CT molecular complexity index is 627. The largest absolute Gasteiger partial charge is 0.379 e. The van der Waals surface area contributed by atoms with E-state index in [1.807, 2.05) is 6.92 Å². The van der Waals surface area contributed by atoms with E-state index in [1.165, 1.54) is 0 Å². The van der Waals surface area contributed by atoms with Gasteiger partial charge in [0.05, 0.1) is 28.4 Å². The number of nitro groups is 1. The minimum atomic E-state index is -0.370. The van der Waals surface area contributed by atoms with Crippen molar-refractivity contribution in [2.45, 2.75) is 20.4 Å². The fraction of sp³-hybridized carbons (Fsp3) is 0.250. The molecule has 7 heteroatoms. The Morgan fingerprint density at radius 1 is 1.47 bits per heavy atom. The summed E-state index contributed by atoms with van der Waals surface area (Å²) in [5, 5.41) is 14.1. The first-order chi connectivity index (χ1) is 8.99. The second-order valence-corrected chi connectivity index (χ2v) is 5.88. The van der Waals surface area contributed by atoms with Gasteiger partial charge in [-0.15, -0.1) is 11.3 Å². The highest BCUT2D eigenvalue weighted by Gasteiger charge is 2.14. The SMILES string of the molecule is Cc1cc(Br)c(NCc2scnc2C)cc1[N+](=O)[O-]. The van der Waals surface area contributed by atoms with Gasteiger partial charge in [0, 0.05) is 21.0 Å². The van der Waals surface area contributed by atoms with Crippen LogP contribution in [0.1, 0.15) is 16.1 Å². The van der Waals surface area contributed by atoms with E-state index in [0.717, 1.165) is 15.0 Å². The van der Waals surface area contributed by atoms with Crippen LogP contribution in [0.15, 0.2) is 22.1 Å². The normalized spacial score (nSPS) is 10.5. The van der Waals surface area contributed by atoms with Crippen LogP contribution in [0.4, 0.5) is 11.4 Å². The van der Waals surface area contributed by atoms with E-state index in [2.05, 4.69) is 26.2 Å². The zero-order valence-corrected chi connectivity index (χ0v) is 12.8. The molecular formula is C12H12BrN3O2S. The van der Waals surface area contributed by atoms with Crippen molar-refractivity contribution < 1.29 is 4.92 Å². The van der Waals surface area contributed by atoms with Crippen molar-refractivity contribution in [2.24, 2.45) is 0 Å². The number of nitro benzene ring substituents is 1. The molecule has 100 valence electrons. The molecule has 2 aromatic rings. The van der Waals surface area contributed by atoms with E-state index in [-0.39, 0.29) is 10.6 Å². The Morgan fingerprint density at radius 2 is 2.21 bits per heavy atom. The van der Waals surface area contributed by atoms with Crippen LogP contribution < -0.4 is 5.32 Å². The zero-order chi connectivity index (χ0) is 14.0. The Morgan fingerprint density at radius 3 is 2.79 bits per heavy atom. The highest BCUT2D eigenvalue weighted by Crippen LogP contribution is 2.31. The number of nitrogens with zero attached hydrogens (tertiary/aromatic N) is 2. The van der Waals surface area contributed by atoms with Gasteiger partial charge in [-0.2, -0.15) is 0 Å². The van der Waals surface area contributed by atoms with Crippen LogP contribution in [0.25, 0.3) is 0 Å². The first kappa shape index (κ1) is 14.0. The number of aryl methyl sites for hydroxylation is 2. The number of rotatable bonds is 4. The number of nitrogens with one attached hydrogen (secondary N) is 1. The van der Waals surface area contributed by atoms with Crippen molar-refractivity contribution in [3.8, 4) is 0 Å². The van der Waals surface area contributed by atoms with Crippen molar-refractivity contribution in [1.82, 2.24) is 4.98 Å². The summed E-state index contributed by atoms with van der Waals surface area (Å²) in [7, 11) is 0. The standard InChI is InChI=1S/C12H12BrN3O2S/c1-7-3-9(13)10(4-11(7)16(17)18)14-5-12-8(2)15-6-19-12/h3-4,6,14H,5H2,1-2H3. The van der Waals surface area contributed by atoms with Crippen molar-refractivity contribution >= 4 is 38.6 Å². The van der Waals surface area contributed by atoms with Crippen molar-refractivity contribution in [3.05, 3.63) is 48.4 Å². The number of aromatic nitrogens is 1. The van der Waals surface area contributed by atoms with Gasteiger partial charge >= 0.3 is 0 Å². The number of anilines is 1. The number of benzene rings is 1. The summed E-state index contributed by atoms with van der Waals surface area (Å²) in [6, 6.07) is 3.30. The summed E-state index contributed by atoms with van der Waals surface area (Å²) in [6.07, 6.45) is 0. The molecule has 0 unspecified atom stereocenters. The topological polar surface area (TPSA) is 68.1 Å². The molecular weight excluding hydrogens is 330 g/mol. The quantitative estimate of drug-likeness (QED) is 0.672. The molecule has 1 heterocycles. The maximum absolute atomic E-state index is 10.9. The predicted octanol–water partition coefficient (Wildman–Crippen LogP) is 4.04. The summed E-state index contributed by atoms with van der Waals surface area (Å²) < 4.78 is 0.817. The Balaban J connectivity index is 2.23. The summed E-state index contributed by atoms with van der Waals surface area (Å²) in [5.41, 5.74) is 4.24. The smallest absolute Gasteiger partial charge is 0.274 e. The molecule has 2 rings (SSSR count). The molecule has 0 saturated carbocycles. The van der Waals surface area contributed by atoms with E-state index in [4.69, 9.17) is 0 Å². The van der Waals surface area contributed by atoms with Crippen LogP contribution in [-0.4, -0.2) is 9.91 Å². The zero-order valence-electron chi connectivity index (χ0n) is 10.4. The second kappa shape index (κ2) is 5.66. The summed E-state index contributed by atoms with van der Waals surface area (Å²) in [5.74, 6) is 0. The van der Waals surface area contributed by atoms with Gasteiger partial charge < -0.3 is 5.32 Å². The van der Waals surface area contributed by atoms with E-state index < -0.39 is 0 Å². The average molecular weight is 342 g/mol. The fourth-order valence-corrected chi connectivity index (χ4v) is 2.98. The summed E-state index contributed by atoms with van der Waals surface area (Å²) in [6.45, 7) is 4.27. The lowest BCUT2D eigenvalue weighted by molar-refractivity contribution is -0.385. The van der Waals surface area contributed by atoms with Crippen molar-refractivity contribution in [3.63, 3.8) is 0 Å². The Kier molecular flexibility index (Phi) is 4.16. The molecule has 0 atom stereocenters. The number of halogens is 1. The highest BCUT2D eigenvalue weighted by molar-refractivity contribution is 9.10. The Hall–Kier alpha value is -1.47. The molecule has 0 aliphatic carbocycles. The number of hydrogen-bond donors (Lipinski definition) is 1. The molecule has 1 N–H and O–H groups in total. The Labute approximate surface area is 123 Å². The van der Waals surface area contributed by atoms with Crippen LogP contribution in [0.3, 0.4) is 0 Å². The molecule has 1 aromatic carbocycles. The fourth-order valence-electron chi connectivity index (χ4n) is 1.66. The molecule has 1 aromatic heterocycles. The molecule has 0 saturated heterocycles. The van der Waals surface area contributed by atoms with Gasteiger partial charge in [0.25, 0.3) is 5.69 Å². The lowest BCUT2D eigenvalue weighted by atomic mass is 10.2. The third-order valence-electron chi connectivity index (χ3n) is 2.77. The minimum Gasteiger partial charge on any atom is -0.379 e. The van der Waals surface area contributed by atoms with Crippen LogP contribution in [0.5, 0.6) is 0 Å². The molecule has 19 heavy (non-hydrogen) atoms. The van der Waals surface area contributed by atoms with Gasteiger partial charge in [0.15, 0.2) is 0 Å². The summed E-state index contributed by atoms with van der Waals surface area (Å²) in [4.78, 5) is 15.8. The molecule has 0 aliphatic rings. The highest BCUT2D eigenvalue weighted by atomic mass is 79.9. The van der Waals surface area contributed by atoms with Gasteiger partial charge in [-0.3, -0.25) is 10.1 Å². The van der Waals surface area contributed by atoms with Crippen LogP contribution >= 0.6 is 27.3 Å². The van der Waals surface area contributed by atoms with E-state index in [0.29, 0.717) is 17.8 Å². The monoisotopic (exact) mass is 341 g/mol. The second-order valence-electron chi connectivity index (χ2n) is 4.09. The van der Waals surface area contributed by atoms with Crippen LogP contribution in [0, 0.1) is 24.0 Å². The number of thiazole rings is 1. The van der Waals surface area contributed by atoms with Gasteiger partial charge in [0.2, 0.25) is 0 Å². The first-order valence-corrected chi connectivity index (χ1v) is 7.23. The van der Waals surface area contributed by atoms with Crippen molar-refractivity contribution in [2.75, 3.05) is 5.32 Å². The molecule has 0 bridgehead atoms. The lowest BCUT2D eigenvalue weighted by Crippen LogP contribution is -2.01. The molecule has 0 radical (unpaired) electrons. The van der Waals surface area contributed by atoms with Crippen molar-refractivity contribution in [1.29, 1.82) is 0 Å². The molecule has 0 spiro atoms. The molecule has 0 fully saturated rings. The first-order valence-electron chi connectivity index (χ1n) is 5.56. The maximum atomic E-state index is 10.9. The third kappa shape index (κ3) is 3.10.